The fraction of sp³-hybridized carbons (Fsp3) is 1.00. The van der Waals surface area contributed by atoms with Crippen LogP contribution in [0.25, 0.3) is 0 Å². The molecule has 0 amide bonds. The molecule has 2 aliphatic heterocycles. The summed E-state index contributed by atoms with van der Waals surface area (Å²) in [7, 11) is 2.15. The molecule has 0 saturated carbocycles. The van der Waals surface area contributed by atoms with Gasteiger partial charge in [-0.05, 0) is 14.0 Å². The second kappa shape index (κ2) is 3.35. The highest BCUT2D eigenvalue weighted by molar-refractivity contribution is 4.98. The van der Waals surface area contributed by atoms with Crippen LogP contribution >= 0.6 is 0 Å². The van der Waals surface area contributed by atoms with Gasteiger partial charge in [0.25, 0.3) is 0 Å². The molecule has 0 bridgehead atoms. The maximum Gasteiger partial charge on any atom is 0.0922 e. The van der Waals surface area contributed by atoms with Gasteiger partial charge in [-0.1, -0.05) is 6.92 Å². The Morgan fingerprint density at radius 1 is 1.38 bits per heavy atom. The van der Waals surface area contributed by atoms with E-state index in [2.05, 4.69) is 41.3 Å². The molecule has 4 atom stereocenters. The van der Waals surface area contributed by atoms with E-state index < -0.39 is 0 Å². The monoisotopic (exact) mass is 182 g/mol. The lowest BCUT2D eigenvalue weighted by atomic mass is 9.93. The van der Waals surface area contributed by atoms with E-state index in [-0.39, 0.29) is 0 Å². The van der Waals surface area contributed by atoms with Gasteiger partial charge in [0.2, 0.25) is 0 Å². The number of nitrogens with zero attached hydrogens (tertiary/aromatic N) is 3. The van der Waals surface area contributed by atoms with E-state index in [1.807, 2.05) is 0 Å². The maximum absolute atomic E-state index is 4.34. The van der Waals surface area contributed by atoms with Gasteiger partial charge in [0.05, 0.1) is 18.6 Å². The summed E-state index contributed by atoms with van der Waals surface area (Å²) in [4.78, 5) is 2.34. The lowest BCUT2D eigenvalue weighted by Gasteiger charge is -2.27. The highest BCUT2D eigenvalue weighted by Crippen LogP contribution is 2.25. The smallest absolute Gasteiger partial charge is 0.0922 e. The van der Waals surface area contributed by atoms with Crippen LogP contribution in [0.3, 0.4) is 0 Å². The molecular weight excluding hydrogens is 164 g/mol. The second-order valence-electron chi connectivity index (χ2n) is 4.31. The van der Waals surface area contributed by atoms with Crippen molar-refractivity contribution in [2.45, 2.75) is 32.0 Å². The Kier molecular flexibility index (Phi) is 2.34. The van der Waals surface area contributed by atoms with Gasteiger partial charge in [0.1, 0.15) is 0 Å². The summed E-state index contributed by atoms with van der Waals surface area (Å²) in [6.45, 7) is 6.35. The first-order valence-corrected chi connectivity index (χ1v) is 5.00. The molecule has 0 aliphatic carbocycles. The predicted octanol–water partition coefficient (Wildman–Crippen LogP) is 0.706. The lowest BCUT2D eigenvalue weighted by molar-refractivity contribution is 0.238. The van der Waals surface area contributed by atoms with Crippen LogP contribution < -0.4 is 5.32 Å². The van der Waals surface area contributed by atoms with E-state index in [1.54, 1.807) is 0 Å². The van der Waals surface area contributed by atoms with Crippen molar-refractivity contribution in [1.29, 1.82) is 0 Å². The summed E-state index contributed by atoms with van der Waals surface area (Å²) in [6, 6.07) is 1.46. The van der Waals surface area contributed by atoms with Crippen molar-refractivity contribution < 1.29 is 0 Å². The van der Waals surface area contributed by atoms with E-state index in [4.69, 9.17) is 0 Å². The van der Waals surface area contributed by atoms with Crippen LogP contribution in [-0.4, -0.2) is 43.3 Å². The molecule has 2 rings (SSSR count). The number of hydrogen-bond donors (Lipinski definition) is 1. The van der Waals surface area contributed by atoms with Gasteiger partial charge in [-0.15, -0.1) is 0 Å². The van der Waals surface area contributed by atoms with Gasteiger partial charge in [-0.3, -0.25) is 4.90 Å². The molecule has 4 nitrogen and oxygen atoms in total. The van der Waals surface area contributed by atoms with Gasteiger partial charge in [0, 0.05) is 18.6 Å². The van der Waals surface area contributed by atoms with Gasteiger partial charge in [0.15, 0.2) is 0 Å². The number of likely N-dealkylation sites (N-methyl/N-ethyl adjacent to an activating group) is 1. The largest absolute Gasteiger partial charge is 0.300 e. The van der Waals surface area contributed by atoms with Crippen molar-refractivity contribution in [2.75, 3.05) is 20.3 Å². The SMILES string of the molecule is CC1CN=NC1C1C(C)NCN1C. The first-order valence-electron chi connectivity index (χ1n) is 5.00. The molecule has 2 aliphatic rings. The quantitative estimate of drug-likeness (QED) is 0.648. The van der Waals surface area contributed by atoms with Crippen LogP contribution in [-0.2, 0) is 0 Å². The van der Waals surface area contributed by atoms with Crippen LogP contribution in [0, 0.1) is 5.92 Å². The van der Waals surface area contributed by atoms with E-state index in [9.17, 15) is 0 Å². The molecule has 13 heavy (non-hydrogen) atoms. The molecule has 1 saturated heterocycles. The fourth-order valence-corrected chi connectivity index (χ4v) is 2.35. The first kappa shape index (κ1) is 9.09. The molecule has 0 aromatic carbocycles. The summed E-state index contributed by atoms with van der Waals surface area (Å²) >= 11 is 0. The molecule has 4 unspecified atom stereocenters. The Hall–Kier alpha value is -0.480. The van der Waals surface area contributed by atoms with Crippen LogP contribution in [0.15, 0.2) is 10.2 Å². The van der Waals surface area contributed by atoms with Crippen molar-refractivity contribution in [1.82, 2.24) is 10.2 Å². The summed E-state index contributed by atoms with van der Waals surface area (Å²) in [6.07, 6.45) is 0. The molecule has 2 heterocycles. The Labute approximate surface area is 79.4 Å². The minimum absolute atomic E-state index is 0.398. The maximum atomic E-state index is 4.34. The lowest BCUT2D eigenvalue weighted by Crippen LogP contribution is -2.44. The van der Waals surface area contributed by atoms with Crippen molar-refractivity contribution >= 4 is 0 Å². The standard InChI is InChI=1S/C9H18N4/c1-6-4-11-12-8(6)9-7(2)10-5-13(9)3/h6-10H,4-5H2,1-3H3. The Morgan fingerprint density at radius 3 is 2.62 bits per heavy atom. The van der Waals surface area contributed by atoms with Crippen molar-refractivity contribution in [3.8, 4) is 0 Å². The number of hydrogen-bond acceptors (Lipinski definition) is 4. The average molecular weight is 182 g/mol. The van der Waals surface area contributed by atoms with Crippen LogP contribution in [0.2, 0.25) is 0 Å². The molecule has 0 aromatic rings. The zero-order chi connectivity index (χ0) is 9.42. The second-order valence-corrected chi connectivity index (χ2v) is 4.31. The third kappa shape index (κ3) is 1.48. The molecule has 0 spiro atoms. The number of rotatable bonds is 1. The molecule has 0 radical (unpaired) electrons. The highest BCUT2D eigenvalue weighted by Gasteiger charge is 2.39. The summed E-state index contributed by atoms with van der Waals surface area (Å²) in [5.74, 6) is 0.606. The van der Waals surface area contributed by atoms with E-state index in [0.29, 0.717) is 24.0 Å². The Bertz CT molecular complexity index is 206. The normalized spacial score (nSPS) is 46.1. The molecule has 0 aromatic heterocycles. The highest BCUT2D eigenvalue weighted by atomic mass is 15.3. The molecule has 1 N–H and O–H groups in total. The van der Waals surface area contributed by atoms with Crippen LogP contribution in [0.4, 0.5) is 0 Å². The van der Waals surface area contributed by atoms with Crippen molar-refractivity contribution in [3.63, 3.8) is 0 Å². The number of azo groups is 1. The van der Waals surface area contributed by atoms with E-state index in [0.717, 1.165) is 13.2 Å². The third-order valence-corrected chi connectivity index (χ3v) is 3.20. The minimum Gasteiger partial charge on any atom is -0.300 e. The van der Waals surface area contributed by atoms with Crippen LogP contribution in [0.5, 0.6) is 0 Å². The zero-order valence-electron chi connectivity index (χ0n) is 8.57. The van der Waals surface area contributed by atoms with Crippen molar-refractivity contribution in [3.05, 3.63) is 0 Å². The fourth-order valence-electron chi connectivity index (χ4n) is 2.35. The van der Waals surface area contributed by atoms with Gasteiger partial charge in [-0.2, -0.15) is 10.2 Å². The average Bonchev–Trinajstić information content (AvgIpc) is 2.60. The third-order valence-electron chi connectivity index (χ3n) is 3.20. The predicted molar refractivity (Wildman–Crippen MR) is 51.7 cm³/mol. The molecule has 1 fully saturated rings. The summed E-state index contributed by atoms with van der Waals surface area (Å²) in [5.41, 5.74) is 0. The van der Waals surface area contributed by atoms with E-state index >= 15 is 0 Å². The Morgan fingerprint density at radius 2 is 2.15 bits per heavy atom. The minimum atomic E-state index is 0.398. The summed E-state index contributed by atoms with van der Waals surface area (Å²) in [5, 5.41) is 11.9. The van der Waals surface area contributed by atoms with Gasteiger partial charge < -0.3 is 5.32 Å². The van der Waals surface area contributed by atoms with Crippen LogP contribution in [0.1, 0.15) is 13.8 Å². The molecular formula is C9H18N4. The first-order chi connectivity index (χ1) is 6.20. The Balaban J connectivity index is 2.10. The van der Waals surface area contributed by atoms with Gasteiger partial charge in [-0.25, -0.2) is 0 Å². The number of nitrogens with one attached hydrogen (secondary N) is 1. The topological polar surface area (TPSA) is 40.0 Å². The zero-order valence-corrected chi connectivity index (χ0v) is 8.57. The summed E-state index contributed by atoms with van der Waals surface area (Å²) < 4.78 is 0. The van der Waals surface area contributed by atoms with Crippen molar-refractivity contribution in [2.24, 2.45) is 16.1 Å². The molecule has 74 valence electrons. The molecule has 4 heteroatoms. The van der Waals surface area contributed by atoms with Gasteiger partial charge >= 0.3 is 0 Å². The van der Waals surface area contributed by atoms with E-state index in [1.165, 1.54) is 0 Å².